The highest BCUT2D eigenvalue weighted by molar-refractivity contribution is 4.94. The minimum absolute atomic E-state index is 0.476. The quantitative estimate of drug-likeness (QED) is 0.645. The first-order valence-corrected chi connectivity index (χ1v) is 9.09. The number of methoxy groups -OCH3 is 1. The molecule has 0 saturated heterocycles. The van der Waals surface area contributed by atoms with Crippen LogP contribution in [0.2, 0.25) is 0 Å². The fourth-order valence-electron chi connectivity index (χ4n) is 4.45. The minimum atomic E-state index is 0.476. The van der Waals surface area contributed by atoms with E-state index in [1.165, 1.54) is 45.1 Å². The molecule has 0 aromatic carbocycles. The van der Waals surface area contributed by atoms with E-state index in [1.54, 1.807) is 7.11 Å². The maximum Gasteiger partial charge on any atom is 0.0587 e. The lowest BCUT2D eigenvalue weighted by atomic mass is 9.58. The molecule has 0 aromatic rings. The van der Waals surface area contributed by atoms with Gasteiger partial charge in [0.05, 0.1) is 6.61 Å². The molecule has 21 heavy (non-hydrogen) atoms. The molecule has 0 atom stereocenters. The molecular formula is C19H39NO. The second kappa shape index (κ2) is 8.53. The van der Waals surface area contributed by atoms with Gasteiger partial charge in [-0.25, -0.2) is 0 Å². The van der Waals surface area contributed by atoms with Crippen LogP contribution in [0.3, 0.4) is 0 Å². The molecule has 126 valence electrons. The zero-order valence-corrected chi connectivity index (χ0v) is 15.4. The highest BCUT2D eigenvalue weighted by atomic mass is 16.5. The van der Waals surface area contributed by atoms with Crippen molar-refractivity contribution in [2.24, 2.45) is 22.7 Å². The van der Waals surface area contributed by atoms with Crippen LogP contribution in [0.1, 0.15) is 73.1 Å². The molecule has 1 saturated carbocycles. The minimum Gasteiger partial charge on any atom is -0.383 e. The van der Waals surface area contributed by atoms with Crippen LogP contribution in [0.4, 0.5) is 0 Å². The lowest BCUT2D eigenvalue weighted by Gasteiger charge is -2.48. The maximum atomic E-state index is 5.18. The van der Waals surface area contributed by atoms with E-state index in [1.807, 2.05) is 0 Å². The topological polar surface area (TPSA) is 21.3 Å². The summed E-state index contributed by atoms with van der Waals surface area (Å²) in [5.74, 6) is 1.77. The summed E-state index contributed by atoms with van der Waals surface area (Å²) in [5.41, 5.74) is 1.00. The second-order valence-corrected chi connectivity index (χ2v) is 8.19. The van der Waals surface area contributed by atoms with Crippen LogP contribution in [0.15, 0.2) is 0 Å². The second-order valence-electron chi connectivity index (χ2n) is 8.19. The van der Waals surface area contributed by atoms with Crippen molar-refractivity contribution >= 4 is 0 Å². The van der Waals surface area contributed by atoms with E-state index >= 15 is 0 Å². The first-order chi connectivity index (χ1) is 9.89. The predicted molar refractivity (Wildman–Crippen MR) is 92.7 cm³/mol. The molecule has 0 radical (unpaired) electrons. The van der Waals surface area contributed by atoms with E-state index in [4.69, 9.17) is 4.74 Å². The molecule has 0 bridgehead atoms. The van der Waals surface area contributed by atoms with Crippen LogP contribution in [0.5, 0.6) is 0 Å². The Bertz CT molecular complexity index is 270. The van der Waals surface area contributed by atoms with Crippen LogP contribution in [-0.4, -0.2) is 26.8 Å². The predicted octanol–water partition coefficient (Wildman–Crippen LogP) is 4.88. The van der Waals surface area contributed by atoms with Gasteiger partial charge in [-0.1, -0.05) is 47.5 Å². The van der Waals surface area contributed by atoms with Crippen LogP contribution >= 0.6 is 0 Å². The maximum absolute atomic E-state index is 5.18. The zero-order valence-electron chi connectivity index (χ0n) is 15.4. The molecule has 1 fully saturated rings. The van der Waals surface area contributed by atoms with Gasteiger partial charge in [0.2, 0.25) is 0 Å². The highest BCUT2D eigenvalue weighted by Crippen LogP contribution is 2.50. The van der Waals surface area contributed by atoms with Crippen LogP contribution in [-0.2, 0) is 4.74 Å². The number of rotatable bonds is 8. The molecule has 0 unspecified atom stereocenters. The zero-order chi connectivity index (χ0) is 15.9. The first kappa shape index (κ1) is 19.0. The average molecular weight is 298 g/mol. The third-order valence-electron chi connectivity index (χ3n) is 6.02. The smallest absolute Gasteiger partial charge is 0.0587 e. The first-order valence-electron chi connectivity index (χ1n) is 9.09. The molecule has 0 heterocycles. The fourth-order valence-corrected chi connectivity index (χ4v) is 4.45. The van der Waals surface area contributed by atoms with Gasteiger partial charge in [0.25, 0.3) is 0 Å². The lowest BCUT2D eigenvalue weighted by molar-refractivity contribution is 0.0336. The van der Waals surface area contributed by atoms with E-state index in [0.717, 1.165) is 25.0 Å². The van der Waals surface area contributed by atoms with Gasteiger partial charge in [-0.3, -0.25) is 0 Å². The van der Waals surface area contributed by atoms with Gasteiger partial charge in [-0.15, -0.1) is 0 Å². The van der Waals surface area contributed by atoms with Gasteiger partial charge in [0.1, 0.15) is 0 Å². The Kier molecular flexibility index (Phi) is 7.70. The van der Waals surface area contributed by atoms with E-state index in [-0.39, 0.29) is 0 Å². The van der Waals surface area contributed by atoms with Crippen LogP contribution < -0.4 is 5.32 Å². The van der Waals surface area contributed by atoms with Crippen LogP contribution in [0, 0.1) is 22.7 Å². The average Bonchev–Trinajstić information content (AvgIpc) is 2.44. The van der Waals surface area contributed by atoms with Crippen molar-refractivity contribution in [3.63, 3.8) is 0 Å². The Balaban J connectivity index is 2.67. The lowest BCUT2D eigenvalue weighted by Crippen LogP contribution is -2.45. The molecule has 0 amide bonds. The van der Waals surface area contributed by atoms with Crippen molar-refractivity contribution in [2.45, 2.75) is 73.1 Å². The summed E-state index contributed by atoms with van der Waals surface area (Å²) >= 11 is 0. The Labute approximate surface area is 133 Å². The SMILES string of the molecule is CCC(CC)C1(CNCCOC)CCC(C(C)(C)C)CC1. The van der Waals surface area contributed by atoms with Crippen LogP contribution in [0.25, 0.3) is 0 Å². The van der Waals surface area contributed by atoms with Gasteiger partial charge in [-0.05, 0) is 48.3 Å². The fraction of sp³-hybridized carbons (Fsp3) is 1.00. The molecule has 0 spiro atoms. The van der Waals surface area contributed by atoms with Gasteiger partial charge in [0.15, 0.2) is 0 Å². The molecule has 1 aliphatic carbocycles. The summed E-state index contributed by atoms with van der Waals surface area (Å²) in [5, 5.41) is 3.67. The van der Waals surface area contributed by atoms with Crippen molar-refractivity contribution in [3.8, 4) is 0 Å². The van der Waals surface area contributed by atoms with E-state index in [2.05, 4.69) is 39.9 Å². The summed E-state index contributed by atoms with van der Waals surface area (Å²) in [6.07, 6.45) is 8.27. The van der Waals surface area contributed by atoms with E-state index in [0.29, 0.717) is 10.8 Å². The number of hydrogen-bond acceptors (Lipinski definition) is 2. The van der Waals surface area contributed by atoms with Gasteiger partial charge >= 0.3 is 0 Å². The molecular weight excluding hydrogens is 258 g/mol. The summed E-state index contributed by atoms with van der Waals surface area (Å²) in [7, 11) is 1.78. The molecule has 0 aromatic heterocycles. The highest BCUT2D eigenvalue weighted by Gasteiger charge is 2.42. The van der Waals surface area contributed by atoms with Gasteiger partial charge < -0.3 is 10.1 Å². The van der Waals surface area contributed by atoms with E-state index in [9.17, 15) is 0 Å². The number of nitrogens with one attached hydrogen (secondary N) is 1. The van der Waals surface area contributed by atoms with Crippen molar-refractivity contribution in [2.75, 3.05) is 26.8 Å². The third kappa shape index (κ3) is 5.25. The largest absolute Gasteiger partial charge is 0.383 e. The Morgan fingerprint density at radius 3 is 2.14 bits per heavy atom. The Morgan fingerprint density at radius 1 is 1.14 bits per heavy atom. The summed E-state index contributed by atoms with van der Waals surface area (Å²) < 4.78 is 5.18. The Morgan fingerprint density at radius 2 is 1.71 bits per heavy atom. The summed E-state index contributed by atoms with van der Waals surface area (Å²) in [4.78, 5) is 0. The Hall–Kier alpha value is -0.0800. The molecule has 1 N–H and O–H groups in total. The van der Waals surface area contributed by atoms with Crippen molar-refractivity contribution in [1.82, 2.24) is 5.32 Å². The van der Waals surface area contributed by atoms with Crippen molar-refractivity contribution < 1.29 is 4.74 Å². The summed E-state index contributed by atoms with van der Waals surface area (Å²) in [6, 6.07) is 0. The normalized spacial score (nSPS) is 27.3. The third-order valence-corrected chi connectivity index (χ3v) is 6.02. The standard InChI is InChI=1S/C19H39NO/c1-7-16(8-2)19(15-20-13-14-21-6)11-9-17(10-12-19)18(3,4)5/h16-17,20H,7-15H2,1-6H3. The van der Waals surface area contributed by atoms with Crippen molar-refractivity contribution in [3.05, 3.63) is 0 Å². The van der Waals surface area contributed by atoms with Gasteiger partial charge in [-0.2, -0.15) is 0 Å². The number of hydrogen-bond donors (Lipinski definition) is 1. The molecule has 2 nitrogen and oxygen atoms in total. The van der Waals surface area contributed by atoms with Gasteiger partial charge in [0, 0.05) is 20.2 Å². The monoisotopic (exact) mass is 297 g/mol. The molecule has 1 rings (SSSR count). The molecule has 2 heteroatoms. The van der Waals surface area contributed by atoms with Crippen molar-refractivity contribution in [1.29, 1.82) is 0 Å². The molecule has 1 aliphatic rings. The number of ether oxygens (including phenoxy) is 1. The summed E-state index contributed by atoms with van der Waals surface area (Å²) in [6.45, 7) is 15.0. The van der Waals surface area contributed by atoms with E-state index < -0.39 is 0 Å². The molecule has 0 aliphatic heterocycles.